The summed E-state index contributed by atoms with van der Waals surface area (Å²) in [4.78, 5) is 15.5. The fourth-order valence-corrected chi connectivity index (χ4v) is 2.66. The maximum atomic E-state index is 11.1. The zero-order chi connectivity index (χ0) is 14.1. The molecule has 20 heavy (non-hydrogen) atoms. The van der Waals surface area contributed by atoms with Gasteiger partial charge in [-0.1, -0.05) is 17.4 Å². The predicted molar refractivity (Wildman–Crippen MR) is 79.1 cm³/mol. The first kappa shape index (κ1) is 12.4. The molecule has 3 rings (SSSR count). The highest BCUT2D eigenvalue weighted by Crippen LogP contribution is 2.32. The summed E-state index contributed by atoms with van der Waals surface area (Å²) in [7, 11) is 0. The number of hydrogen-bond donors (Lipinski definition) is 2. The molecule has 0 radical (unpaired) electrons. The van der Waals surface area contributed by atoms with E-state index in [1.807, 2.05) is 12.1 Å². The van der Waals surface area contributed by atoms with E-state index >= 15 is 0 Å². The summed E-state index contributed by atoms with van der Waals surface area (Å²) in [5, 5.41) is 0.493. The molecule has 0 atom stereocenters. The van der Waals surface area contributed by atoms with Gasteiger partial charge < -0.3 is 16.2 Å². The number of carbonyl (C=O) groups excluding carboxylic acids is 1. The third-order valence-electron chi connectivity index (χ3n) is 2.72. The fraction of sp³-hybridized carbons (Fsp3) is 0. The van der Waals surface area contributed by atoms with E-state index in [1.165, 1.54) is 11.3 Å². The van der Waals surface area contributed by atoms with Gasteiger partial charge in [0, 0.05) is 11.3 Å². The van der Waals surface area contributed by atoms with Crippen molar-refractivity contribution in [3.63, 3.8) is 0 Å². The summed E-state index contributed by atoms with van der Waals surface area (Å²) in [6.07, 6.45) is 0. The van der Waals surface area contributed by atoms with Gasteiger partial charge >= 0.3 is 0 Å². The van der Waals surface area contributed by atoms with Crippen LogP contribution in [0.4, 0.5) is 5.69 Å². The second kappa shape index (κ2) is 4.82. The number of ether oxygens (including phenoxy) is 1. The third-order valence-corrected chi connectivity index (χ3v) is 3.61. The predicted octanol–water partition coefficient (Wildman–Crippen LogP) is 2.77. The average molecular weight is 285 g/mol. The molecule has 0 aliphatic rings. The van der Waals surface area contributed by atoms with Gasteiger partial charge in [0.1, 0.15) is 5.75 Å². The van der Waals surface area contributed by atoms with Crippen LogP contribution < -0.4 is 16.2 Å². The number of thiazole rings is 1. The number of primary amides is 1. The third kappa shape index (κ3) is 2.41. The van der Waals surface area contributed by atoms with Crippen LogP contribution in [0.15, 0.2) is 42.5 Å². The second-order valence-electron chi connectivity index (χ2n) is 4.20. The zero-order valence-corrected chi connectivity index (χ0v) is 11.2. The molecule has 1 heterocycles. The van der Waals surface area contributed by atoms with Gasteiger partial charge in [0.25, 0.3) is 5.19 Å². The standard InChI is InChI=1S/C14H11N3O2S/c15-9-4-5-11-12(7-9)20-14(17-11)19-10-3-1-2-8(6-10)13(16)18/h1-7H,15H2,(H2,16,18). The average Bonchev–Trinajstić information content (AvgIpc) is 2.80. The largest absolute Gasteiger partial charge is 0.431 e. The molecule has 1 aromatic heterocycles. The number of nitrogens with zero attached hydrogens (tertiary/aromatic N) is 1. The molecule has 0 saturated carbocycles. The van der Waals surface area contributed by atoms with Gasteiger partial charge in [-0.05, 0) is 36.4 Å². The minimum absolute atomic E-state index is 0.396. The van der Waals surface area contributed by atoms with E-state index in [4.69, 9.17) is 16.2 Å². The Labute approximate surface area is 118 Å². The first-order valence-corrected chi connectivity index (χ1v) is 6.67. The van der Waals surface area contributed by atoms with Crippen LogP contribution in [0.1, 0.15) is 10.4 Å². The molecule has 4 N–H and O–H groups in total. The Morgan fingerprint density at radius 2 is 2.05 bits per heavy atom. The van der Waals surface area contributed by atoms with Crippen molar-refractivity contribution in [2.75, 3.05) is 5.73 Å². The summed E-state index contributed by atoms with van der Waals surface area (Å²) < 4.78 is 6.60. The lowest BCUT2D eigenvalue weighted by Crippen LogP contribution is -2.10. The van der Waals surface area contributed by atoms with E-state index in [9.17, 15) is 4.79 Å². The number of anilines is 1. The molecule has 0 unspecified atom stereocenters. The van der Waals surface area contributed by atoms with E-state index in [-0.39, 0.29) is 0 Å². The molecule has 2 aromatic carbocycles. The Bertz CT molecular complexity index is 798. The van der Waals surface area contributed by atoms with E-state index < -0.39 is 5.91 Å². The number of rotatable bonds is 3. The van der Waals surface area contributed by atoms with E-state index in [1.54, 1.807) is 30.3 Å². The molecule has 5 nitrogen and oxygen atoms in total. The second-order valence-corrected chi connectivity index (χ2v) is 5.19. The van der Waals surface area contributed by atoms with E-state index in [0.717, 1.165) is 10.2 Å². The molecule has 0 spiro atoms. The quantitative estimate of drug-likeness (QED) is 0.724. The number of carbonyl (C=O) groups is 1. The number of fused-ring (bicyclic) bond motifs is 1. The lowest BCUT2D eigenvalue weighted by atomic mass is 10.2. The van der Waals surface area contributed by atoms with Crippen LogP contribution in [0.3, 0.4) is 0 Å². The van der Waals surface area contributed by atoms with Crippen LogP contribution in [0, 0.1) is 0 Å². The highest BCUT2D eigenvalue weighted by Gasteiger charge is 2.08. The van der Waals surface area contributed by atoms with Crippen LogP contribution in [0.2, 0.25) is 0 Å². The van der Waals surface area contributed by atoms with Crippen molar-refractivity contribution in [1.29, 1.82) is 0 Å². The number of nitrogen functional groups attached to an aromatic ring is 1. The minimum atomic E-state index is -0.493. The normalized spacial score (nSPS) is 10.6. The Kier molecular flexibility index (Phi) is 3.00. The molecule has 0 aliphatic carbocycles. The van der Waals surface area contributed by atoms with Crippen LogP contribution in [0.5, 0.6) is 10.9 Å². The summed E-state index contributed by atoms with van der Waals surface area (Å²) in [5.74, 6) is 0.0286. The molecule has 100 valence electrons. The number of amides is 1. The fourth-order valence-electron chi connectivity index (χ4n) is 1.78. The van der Waals surface area contributed by atoms with Crippen LogP contribution in [-0.4, -0.2) is 10.9 Å². The first-order valence-electron chi connectivity index (χ1n) is 5.85. The minimum Gasteiger partial charge on any atom is -0.431 e. The van der Waals surface area contributed by atoms with Gasteiger partial charge in [0.15, 0.2) is 0 Å². The Morgan fingerprint density at radius 1 is 1.20 bits per heavy atom. The van der Waals surface area contributed by atoms with Crippen molar-refractivity contribution < 1.29 is 9.53 Å². The van der Waals surface area contributed by atoms with E-state index in [0.29, 0.717) is 22.2 Å². The zero-order valence-electron chi connectivity index (χ0n) is 10.4. The Morgan fingerprint density at radius 3 is 2.85 bits per heavy atom. The Hall–Kier alpha value is -2.60. The lowest BCUT2D eigenvalue weighted by molar-refractivity contribution is 0.1000. The van der Waals surface area contributed by atoms with Crippen molar-refractivity contribution >= 4 is 33.1 Å². The molecular weight excluding hydrogens is 274 g/mol. The molecule has 3 aromatic rings. The summed E-state index contributed by atoms with van der Waals surface area (Å²) in [6.45, 7) is 0. The molecule has 0 aliphatic heterocycles. The van der Waals surface area contributed by atoms with Gasteiger partial charge in [-0.3, -0.25) is 4.79 Å². The maximum absolute atomic E-state index is 11.1. The lowest BCUT2D eigenvalue weighted by Gasteiger charge is -2.02. The molecule has 1 amide bonds. The van der Waals surface area contributed by atoms with Crippen molar-refractivity contribution in [2.45, 2.75) is 0 Å². The summed E-state index contributed by atoms with van der Waals surface area (Å²) in [6, 6.07) is 12.2. The SMILES string of the molecule is NC(=O)c1cccc(Oc2nc3ccc(N)cc3s2)c1. The molecule has 0 saturated heterocycles. The topological polar surface area (TPSA) is 91.2 Å². The number of aromatic nitrogens is 1. The molecule has 0 fully saturated rings. The molecule has 0 bridgehead atoms. The van der Waals surface area contributed by atoms with Crippen molar-refractivity contribution in [3.8, 4) is 10.9 Å². The number of nitrogens with two attached hydrogens (primary N) is 2. The van der Waals surface area contributed by atoms with Gasteiger partial charge in [-0.25, -0.2) is 4.98 Å². The van der Waals surface area contributed by atoms with Gasteiger partial charge in [0.05, 0.1) is 10.2 Å². The number of benzene rings is 2. The van der Waals surface area contributed by atoms with Crippen molar-refractivity contribution in [2.24, 2.45) is 5.73 Å². The summed E-state index contributed by atoms with van der Waals surface area (Å²) >= 11 is 1.39. The first-order chi connectivity index (χ1) is 9.61. The Balaban J connectivity index is 1.92. The van der Waals surface area contributed by atoms with E-state index in [2.05, 4.69) is 4.98 Å². The summed E-state index contributed by atoms with van der Waals surface area (Å²) in [5.41, 5.74) is 12.9. The highest BCUT2D eigenvalue weighted by atomic mass is 32.1. The van der Waals surface area contributed by atoms with Crippen molar-refractivity contribution in [1.82, 2.24) is 4.98 Å². The highest BCUT2D eigenvalue weighted by molar-refractivity contribution is 7.20. The monoisotopic (exact) mass is 285 g/mol. The van der Waals surface area contributed by atoms with Crippen LogP contribution in [-0.2, 0) is 0 Å². The van der Waals surface area contributed by atoms with Crippen LogP contribution in [0.25, 0.3) is 10.2 Å². The van der Waals surface area contributed by atoms with Crippen molar-refractivity contribution in [3.05, 3.63) is 48.0 Å². The molecular formula is C14H11N3O2S. The smallest absolute Gasteiger partial charge is 0.279 e. The van der Waals surface area contributed by atoms with Crippen LogP contribution >= 0.6 is 11.3 Å². The maximum Gasteiger partial charge on any atom is 0.279 e. The van der Waals surface area contributed by atoms with Gasteiger partial charge in [0.2, 0.25) is 5.91 Å². The number of hydrogen-bond acceptors (Lipinski definition) is 5. The van der Waals surface area contributed by atoms with Gasteiger partial charge in [-0.2, -0.15) is 0 Å². The van der Waals surface area contributed by atoms with Gasteiger partial charge in [-0.15, -0.1) is 0 Å². The molecule has 6 heteroatoms.